The Balaban J connectivity index is 3.44. The number of amides is 2. The fourth-order valence-electron chi connectivity index (χ4n) is 2.24. The number of ether oxygens (including phenoxy) is 1. The topological polar surface area (TPSA) is 72.6 Å². The average molecular weight is 377 g/mol. The van der Waals surface area contributed by atoms with Crippen LogP contribution in [0.15, 0.2) is 18.2 Å². The van der Waals surface area contributed by atoms with Crippen molar-refractivity contribution in [3.8, 4) is 18.1 Å². The molecule has 1 atom stereocenters. The third-order valence-electron chi connectivity index (χ3n) is 3.11. The molecule has 2 amide bonds. The van der Waals surface area contributed by atoms with E-state index in [4.69, 9.17) is 23.8 Å². The number of halogens is 4. The molecule has 1 unspecified atom stereocenters. The summed E-state index contributed by atoms with van der Waals surface area (Å²) in [6.45, 7) is 4.96. The smallest absolute Gasteiger partial charge is 0.404 e. The van der Waals surface area contributed by atoms with E-state index in [1.807, 2.05) is 5.92 Å². The van der Waals surface area contributed by atoms with Crippen LogP contribution in [-0.2, 0) is 9.59 Å². The molecule has 1 aromatic rings. The zero-order chi connectivity index (χ0) is 19.6. The largest absolute Gasteiger partial charge is 0.573 e. The normalized spacial score (nSPS) is 12.9. The Labute approximate surface area is 147 Å². The Bertz CT molecular complexity index is 721. The van der Waals surface area contributed by atoms with Crippen molar-refractivity contribution in [2.75, 3.05) is 4.90 Å². The highest BCUT2D eigenvalue weighted by Crippen LogP contribution is 2.36. The van der Waals surface area contributed by atoms with Crippen LogP contribution < -0.4 is 15.4 Å². The lowest BCUT2D eigenvalue weighted by molar-refractivity contribution is -0.274. The van der Waals surface area contributed by atoms with Gasteiger partial charge in [-0.3, -0.25) is 14.5 Å². The number of anilines is 1. The molecule has 2 N–H and O–H groups in total. The second-order valence-corrected chi connectivity index (χ2v) is 6.56. The lowest BCUT2D eigenvalue weighted by Gasteiger charge is -2.37. The van der Waals surface area contributed by atoms with E-state index in [2.05, 4.69) is 4.74 Å². The molecule has 136 valence electrons. The predicted molar refractivity (Wildman–Crippen MR) is 86.9 cm³/mol. The van der Waals surface area contributed by atoms with Crippen molar-refractivity contribution in [3.63, 3.8) is 0 Å². The van der Waals surface area contributed by atoms with Gasteiger partial charge in [-0.2, -0.15) is 0 Å². The van der Waals surface area contributed by atoms with Crippen LogP contribution in [0.3, 0.4) is 0 Å². The molecule has 0 radical (unpaired) electrons. The van der Waals surface area contributed by atoms with Gasteiger partial charge in [-0.15, -0.1) is 19.6 Å². The molecule has 9 heteroatoms. The van der Waals surface area contributed by atoms with Gasteiger partial charge in [0.1, 0.15) is 11.8 Å². The SMILES string of the molecule is C#CC(=O)N(c1ccc(OC(F)(F)F)c(Cl)c1)C(C(N)=O)C(C)(C)C. The summed E-state index contributed by atoms with van der Waals surface area (Å²) in [5, 5.41) is -0.415. The van der Waals surface area contributed by atoms with Gasteiger partial charge in [0.05, 0.1) is 5.02 Å². The van der Waals surface area contributed by atoms with E-state index in [1.165, 1.54) is 0 Å². The van der Waals surface area contributed by atoms with E-state index in [1.54, 1.807) is 20.8 Å². The summed E-state index contributed by atoms with van der Waals surface area (Å²) >= 11 is 5.80. The predicted octanol–water partition coefficient (Wildman–Crippen LogP) is 3.10. The maximum Gasteiger partial charge on any atom is 0.573 e. The lowest BCUT2D eigenvalue weighted by Crippen LogP contribution is -2.54. The first-order valence-electron chi connectivity index (χ1n) is 6.92. The fourth-order valence-corrected chi connectivity index (χ4v) is 2.45. The first-order chi connectivity index (χ1) is 11.3. The van der Waals surface area contributed by atoms with Crippen molar-refractivity contribution in [2.45, 2.75) is 33.2 Å². The van der Waals surface area contributed by atoms with Crippen LogP contribution in [0.1, 0.15) is 20.8 Å². The summed E-state index contributed by atoms with van der Waals surface area (Å²) in [6.07, 6.45) is 0.213. The molecule has 25 heavy (non-hydrogen) atoms. The van der Waals surface area contributed by atoms with E-state index in [9.17, 15) is 22.8 Å². The van der Waals surface area contributed by atoms with Gasteiger partial charge in [-0.25, -0.2) is 0 Å². The summed E-state index contributed by atoms with van der Waals surface area (Å²) in [5.41, 5.74) is 4.61. The van der Waals surface area contributed by atoms with Crippen LogP contribution in [0.25, 0.3) is 0 Å². The molecule has 0 aliphatic carbocycles. The monoisotopic (exact) mass is 376 g/mol. The first-order valence-corrected chi connectivity index (χ1v) is 7.30. The van der Waals surface area contributed by atoms with E-state index >= 15 is 0 Å². The molecule has 0 aliphatic rings. The fraction of sp³-hybridized carbons (Fsp3) is 0.375. The minimum Gasteiger partial charge on any atom is -0.404 e. The number of primary amides is 1. The maximum atomic E-state index is 12.3. The number of nitrogens with zero attached hydrogens (tertiary/aromatic N) is 1. The van der Waals surface area contributed by atoms with Crippen LogP contribution in [0.5, 0.6) is 5.75 Å². The zero-order valence-corrected chi connectivity index (χ0v) is 14.4. The molecular weight excluding hydrogens is 361 g/mol. The molecule has 1 aromatic carbocycles. The van der Waals surface area contributed by atoms with Gasteiger partial charge in [-0.05, 0) is 29.5 Å². The quantitative estimate of drug-likeness (QED) is 0.821. The summed E-state index contributed by atoms with van der Waals surface area (Å²) in [7, 11) is 0. The average Bonchev–Trinajstić information content (AvgIpc) is 2.43. The maximum absolute atomic E-state index is 12.3. The summed E-state index contributed by atoms with van der Waals surface area (Å²) in [4.78, 5) is 25.0. The summed E-state index contributed by atoms with van der Waals surface area (Å²) < 4.78 is 40.7. The third-order valence-corrected chi connectivity index (χ3v) is 3.40. The number of terminal acetylenes is 1. The van der Waals surface area contributed by atoms with Crippen molar-refractivity contribution >= 4 is 29.1 Å². The Morgan fingerprint density at radius 2 is 1.88 bits per heavy atom. The number of carbonyl (C=O) groups is 2. The Kier molecular flexibility index (Phi) is 5.97. The Morgan fingerprint density at radius 1 is 1.32 bits per heavy atom. The first kappa shape index (κ1) is 20.6. The number of alkyl halides is 3. The standard InChI is InChI=1S/C16H16ClF3N2O3/c1-5-12(23)22(13(14(21)24)15(2,3)4)9-6-7-11(10(17)8-9)25-16(18,19)20/h1,6-8,13H,2-4H3,(H2,21,24). The number of hydrogen-bond acceptors (Lipinski definition) is 3. The van der Waals surface area contributed by atoms with Crippen molar-refractivity contribution in [1.82, 2.24) is 0 Å². The molecule has 0 saturated heterocycles. The lowest BCUT2D eigenvalue weighted by atomic mass is 9.84. The number of rotatable bonds is 4. The number of hydrogen-bond donors (Lipinski definition) is 1. The number of benzene rings is 1. The highest BCUT2D eigenvalue weighted by molar-refractivity contribution is 6.32. The van der Waals surface area contributed by atoms with Crippen molar-refractivity contribution in [3.05, 3.63) is 23.2 Å². The van der Waals surface area contributed by atoms with Crippen LogP contribution in [0.4, 0.5) is 18.9 Å². The molecule has 5 nitrogen and oxygen atoms in total. The second kappa shape index (κ2) is 7.23. The molecule has 0 aromatic heterocycles. The molecule has 0 aliphatic heterocycles. The Morgan fingerprint density at radius 3 is 2.24 bits per heavy atom. The molecule has 0 bridgehead atoms. The van der Waals surface area contributed by atoms with Gasteiger partial charge in [0.25, 0.3) is 0 Å². The number of carbonyl (C=O) groups excluding carboxylic acids is 2. The highest BCUT2D eigenvalue weighted by atomic mass is 35.5. The van der Waals surface area contributed by atoms with Crippen LogP contribution >= 0.6 is 11.6 Å². The van der Waals surface area contributed by atoms with Gasteiger partial charge < -0.3 is 10.5 Å². The summed E-state index contributed by atoms with van der Waals surface area (Å²) in [6, 6.07) is 1.94. The van der Waals surface area contributed by atoms with Gasteiger partial charge >= 0.3 is 12.3 Å². The molecule has 0 saturated carbocycles. The van der Waals surface area contributed by atoms with Crippen LogP contribution in [0.2, 0.25) is 5.02 Å². The minimum absolute atomic E-state index is 0.0150. The minimum atomic E-state index is -4.93. The molecule has 0 spiro atoms. The third kappa shape index (κ3) is 5.29. The van der Waals surface area contributed by atoms with Crippen molar-refractivity contribution in [1.29, 1.82) is 0 Å². The number of nitrogens with two attached hydrogens (primary N) is 1. The molecule has 1 rings (SSSR count). The van der Waals surface area contributed by atoms with E-state index in [0.717, 1.165) is 23.1 Å². The van der Waals surface area contributed by atoms with E-state index in [0.29, 0.717) is 0 Å². The van der Waals surface area contributed by atoms with Crippen LogP contribution in [0, 0.1) is 17.8 Å². The Hall–Kier alpha value is -2.40. The second-order valence-electron chi connectivity index (χ2n) is 6.15. The van der Waals surface area contributed by atoms with E-state index < -0.39 is 40.4 Å². The van der Waals surface area contributed by atoms with Gasteiger partial charge in [0.2, 0.25) is 5.91 Å². The zero-order valence-electron chi connectivity index (χ0n) is 13.6. The molecular formula is C16H16ClF3N2O3. The molecule has 0 fully saturated rings. The highest BCUT2D eigenvalue weighted by Gasteiger charge is 2.39. The van der Waals surface area contributed by atoms with Gasteiger partial charge in [0.15, 0.2) is 0 Å². The van der Waals surface area contributed by atoms with Crippen LogP contribution in [-0.4, -0.2) is 24.2 Å². The molecule has 0 heterocycles. The van der Waals surface area contributed by atoms with Crippen molar-refractivity contribution < 1.29 is 27.5 Å². The van der Waals surface area contributed by atoms with E-state index in [-0.39, 0.29) is 5.69 Å². The summed E-state index contributed by atoms with van der Waals surface area (Å²) in [5.74, 6) is -0.507. The van der Waals surface area contributed by atoms with Gasteiger partial charge in [0, 0.05) is 5.69 Å². The van der Waals surface area contributed by atoms with Crippen molar-refractivity contribution in [2.24, 2.45) is 11.1 Å². The van der Waals surface area contributed by atoms with Gasteiger partial charge in [-0.1, -0.05) is 32.4 Å².